The molecule has 0 bridgehead atoms. The van der Waals surface area contributed by atoms with Crippen LogP contribution in [0.3, 0.4) is 0 Å². The van der Waals surface area contributed by atoms with Crippen molar-refractivity contribution in [3.63, 3.8) is 0 Å². The molecule has 1 aromatic carbocycles. The van der Waals surface area contributed by atoms with Crippen molar-refractivity contribution in [1.82, 2.24) is 0 Å². The molecule has 1 fully saturated rings. The van der Waals surface area contributed by atoms with E-state index in [1.54, 1.807) is 0 Å². The summed E-state index contributed by atoms with van der Waals surface area (Å²) in [5.74, 6) is -2.57. The van der Waals surface area contributed by atoms with Gasteiger partial charge < -0.3 is 10.2 Å². The first kappa shape index (κ1) is 13.8. The van der Waals surface area contributed by atoms with Crippen LogP contribution < -0.4 is 0 Å². The lowest BCUT2D eigenvalue weighted by Crippen LogP contribution is -2.51. The molecule has 3 nitrogen and oxygen atoms in total. The molecule has 7 heteroatoms. The summed E-state index contributed by atoms with van der Waals surface area (Å²) in [6, 6.07) is 1.76. The van der Waals surface area contributed by atoms with E-state index in [-0.39, 0.29) is 24.5 Å². The van der Waals surface area contributed by atoms with Crippen LogP contribution in [0.4, 0.5) is 17.6 Å². The molecule has 0 unspecified atom stereocenters. The summed E-state index contributed by atoms with van der Waals surface area (Å²) in [6.07, 6.45) is -5.97. The van der Waals surface area contributed by atoms with Gasteiger partial charge in [-0.2, -0.15) is 13.2 Å². The molecule has 0 aliphatic heterocycles. The van der Waals surface area contributed by atoms with Gasteiger partial charge in [0.15, 0.2) is 0 Å². The molecule has 104 valence electrons. The second-order valence-corrected chi connectivity index (χ2v) is 4.64. The zero-order valence-corrected chi connectivity index (χ0v) is 9.54. The summed E-state index contributed by atoms with van der Waals surface area (Å²) in [5.41, 5.74) is -3.12. The van der Waals surface area contributed by atoms with Crippen molar-refractivity contribution in [3.05, 3.63) is 35.1 Å². The van der Waals surface area contributed by atoms with Crippen molar-refractivity contribution in [3.8, 4) is 0 Å². The number of carboxylic acids is 1. The van der Waals surface area contributed by atoms with Crippen molar-refractivity contribution in [2.75, 3.05) is 0 Å². The average molecular weight is 278 g/mol. The third-order valence-electron chi connectivity index (χ3n) is 3.39. The zero-order valence-electron chi connectivity index (χ0n) is 9.54. The fraction of sp³-hybridized carbons (Fsp3) is 0.417. The fourth-order valence-electron chi connectivity index (χ4n) is 2.33. The van der Waals surface area contributed by atoms with Crippen LogP contribution in [0.25, 0.3) is 0 Å². The summed E-state index contributed by atoms with van der Waals surface area (Å²) >= 11 is 0. The van der Waals surface area contributed by atoms with Crippen molar-refractivity contribution >= 4 is 5.97 Å². The standard InChI is InChI=1S/C12H10F4O3/c13-9-3-6(12(14,15)16)1-2-8(9)11(10(18)19)4-7(17)5-11/h1-3,7,17H,4-5H2,(H,18,19). The largest absolute Gasteiger partial charge is 0.481 e. The molecule has 0 saturated heterocycles. The highest BCUT2D eigenvalue weighted by Gasteiger charge is 2.52. The number of carboxylic acid groups (broad SMARTS) is 1. The summed E-state index contributed by atoms with van der Waals surface area (Å²) in [4.78, 5) is 11.2. The van der Waals surface area contributed by atoms with E-state index in [4.69, 9.17) is 5.11 Å². The molecule has 0 spiro atoms. The minimum atomic E-state index is -4.69. The molecule has 0 heterocycles. The van der Waals surface area contributed by atoms with E-state index in [1.165, 1.54) is 0 Å². The summed E-state index contributed by atoms with van der Waals surface area (Å²) in [6.45, 7) is 0. The number of hydrogen-bond donors (Lipinski definition) is 2. The number of aliphatic hydroxyl groups excluding tert-OH is 1. The molecule has 19 heavy (non-hydrogen) atoms. The molecule has 2 rings (SSSR count). The predicted octanol–water partition coefficient (Wildman–Crippen LogP) is 2.32. The van der Waals surface area contributed by atoms with E-state index in [9.17, 15) is 27.5 Å². The number of alkyl halides is 3. The molecule has 0 aromatic heterocycles. The highest BCUT2D eigenvalue weighted by Crippen LogP contribution is 2.46. The van der Waals surface area contributed by atoms with Crippen LogP contribution in [0.2, 0.25) is 0 Å². The van der Waals surface area contributed by atoms with Gasteiger partial charge in [-0.15, -0.1) is 0 Å². The average Bonchev–Trinajstić information content (AvgIpc) is 2.23. The van der Waals surface area contributed by atoms with Crippen molar-refractivity contribution in [2.24, 2.45) is 0 Å². The number of aliphatic carboxylic acids is 1. The van der Waals surface area contributed by atoms with E-state index < -0.39 is 35.0 Å². The Labute approximate surface area is 105 Å². The summed E-state index contributed by atoms with van der Waals surface area (Å²) in [5, 5.41) is 18.3. The quantitative estimate of drug-likeness (QED) is 0.816. The monoisotopic (exact) mass is 278 g/mol. The van der Waals surface area contributed by atoms with Crippen LogP contribution in [-0.4, -0.2) is 22.3 Å². The van der Waals surface area contributed by atoms with Crippen LogP contribution in [0.1, 0.15) is 24.0 Å². The summed E-state index contributed by atoms with van der Waals surface area (Å²) in [7, 11) is 0. The van der Waals surface area contributed by atoms with Crippen LogP contribution in [-0.2, 0) is 16.4 Å². The Balaban J connectivity index is 2.44. The third kappa shape index (κ3) is 2.18. The van der Waals surface area contributed by atoms with Crippen molar-refractivity contribution in [2.45, 2.75) is 30.5 Å². The Morgan fingerprint density at radius 3 is 2.26 bits per heavy atom. The van der Waals surface area contributed by atoms with E-state index >= 15 is 0 Å². The molecule has 2 N–H and O–H groups in total. The van der Waals surface area contributed by atoms with E-state index in [2.05, 4.69) is 0 Å². The lowest BCUT2D eigenvalue weighted by Gasteiger charge is -2.42. The number of aliphatic hydroxyl groups is 1. The number of hydrogen-bond acceptors (Lipinski definition) is 2. The highest BCUT2D eigenvalue weighted by atomic mass is 19.4. The van der Waals surface area contributed by atoms with Gasteiger partial charge in [0.05, 0.1) is 11.7 Å². The minimum Gasteiger partial charge on any atom is -0.481 e. The normalized spacial score (nSPS) is 26.9. The van der Waals surface area contributed by atoms with Gasteiger partial charge in [-0.25, -0.2) is 4.39 Å². The topological polar surface area (TPSA) is 57.5 Å². The highest BCUT2D eigenvalue weighted by molar-refractivity contribution is 5.83. The second-order valence-electron chi connectivity index (χ2n) is 4.64. The van der Waals surface area contributed by atoms with Gasteiger partial charge in [0.25, 0.3) is 0 Å². The van der Waals surface area contributed by atoms with Crippen molar-refractivity contribution in [1.29, 1.82) is 0 Å². The number of halogens is 4. The smallest absolute Gasteiger partial charge is 0.416 e. The van der Waals surface area contributed by atoms with Gasteiger partial charge in [0.2, 0.25) is 0 Å². The minimum absolute atomic E-state index is 0.204. The molecule has 1 aromatic rings. The van der Waals surface area contributed by atoms with E-state index in [0.29, 0.717) is 6.07 Å². The third-order valence-corrected chi connectivity index (χ3v) is 3.39. The maximum Gasteiger partial charge on any atom is 0.416 e. The Hall–Kier alpha value is -1.63. The number of carbonyl (C=O) groups is 1. The first-order valence-corrected chi connectivity index (χ1v) is 5.45. The second kappa shape index (κ2) is 4.19. The van der Waals surface area contributed by atoms with Crippen LogP contribution in [0.15, 0.2) is 18.2 Å². The maximum atomic E-state index is 13.7. The van der Waals surface area contributed by atoms with Gasteiger partial charge in [0.1, 0.15) is 11.2 Å². The van der Waals surface area contributed by atoms with Crippen LogP contribution in [0, 0.1) is 5.82 Å². The number of benzene rings is 1. The van der Waals surface area contributed by atoms with Gasteiger partial charge >= 0.3 is 12.1 Å². The molecular weight excluding hydrogens is 268 g/mol. The SMILES string of the molecule is O=C(O)C1(c2ccc(C(F)(F)F)cc2F)CC(O)C1. The molecular formula is C12H10F4O3. The maximum absolute atomic E-state index is 13.7. The van der Waals surface area contributed by atoms with Gasteiger partial charge in [-0.3, -0.25) is 4.79 Å². The predicted molar refractivity (Wildman–Crippen MR) is 56.0 cm³/mol. The number of rotatable bonds is 2. The molecule has 0 radical (unpaired) electrons. The fourth-order valence-corrected chi connectivity index (χ4v) is 2.33. The summed E-state index contributed by atoms with van der Waals surface area (Å²) < 4.78 is 50.9. The Morgan fingerprint density at radius 2 is 1.89 bits per heavy atom. The molecule has 1 aliphatic carbocycles. The van der Waals surface area contributed by atoms with Gasteiger partial charge in [-0.05, 0) is 25.0 Å². The first-order chi connectivity index (χ1) is 8.67. The van der Waals surface area contributed by atoms with Gasteiger partial charge in [0, 0.05) is 5.56 Å². The Kier molecular flexibility index (Phi) is 3.04. The van der Waals surface area contributed by atoms with Crippen molar-refractivity contribution < 1.29 is 32.6 Å². The lowest BCUT2D eigenvalue weighted by atomic mass is 9.62. The van der Waals surface area contributed by atoms with E-state index in [0.717, 1.165) is 6.07 Å². The Morgan fingerprint density at radius 1 is 1.32 bits per heavy atom. The van der Waals surface area contributed by atoms with Crippen LogP contribution >= 0.6 is 0 Å². The van der Waals surface area contributed by atoms with Crippen LogP contribution in [0.5, 0.6) is 0 Å². The Bertz CT molecular complexity index is 518. The molecule has 1 saturated carbocycles. The molecule has 1 aliphatic rings. The molecule has 0 atom stereocenters. The first-order valence-electron chi connectivity index (χ1n) is 5.45. The molecule has 0 amide bonds. The lowest BCUT2D eigenvalue weighted by molar-refractivity contribution is -0.153. The van der Waals surface area contributed by atoms with E-state index in [1.807, 2.05) is 0 Å². The van der Waals surface area contributed by atoms with Gasteiger partial charge in [-0.1, -0.05) is 6.07 Å². The zero-order chi connectivity index (χ0) is 14.4.